The molecule has 11 nitrogen and oxygen atoms in total. The number of phosphoric acid groups is 1. The number of quaternary nitrogens is 1. The van der Waals surface area contributed by atoms with Crippen LogP contribution in [0.4, 0.5) is 0 Å². The summed E-state index contributed by atoms with van der Waals surface area (Å²) in [5.41, 5.74) is -2.99. The number of hydrogen-bond acceptors (Lipinski definition) is 9. The third-order valence-corrected chi connectivity index (χ3v) is 10.5. The first-order valence-electron chi connectivity index (χ1n) is 14.8. The summed E-state index contributed by atoms with van der Waals surface area (Å²) in [5.74, 6) is -1.41. The molecule has 1 saturated heterocycles. The van der Waals surface area contributed by atoms with Crippen LogP contribution in [0.3, 0.4) is 0 Å². The highest BCUT2D eigenvalue weighted by molar-refractivity contribution is 7.47. The van der Waals surface area contributed by atoms with Crippen molar-refractivity contribution in [2.75, 3.05) is 47.5 Å². The summed E-state index contributed by atoms with van der Waals surface area (Å²) in [6.45, 7) is 14.8. The summed E-state index contributed by atoms with van der Waals surface area (Å²) in [6.07, 6.45) is 1.32. The fraction of sp³-hybridized carbons (Fsp3) is 0.867. The van der Waals surface area contributed by atoms with Crippen molar-refractivity contribution in [3.63, 3.8) is 0 Å². The Kier molecular flexibility index (Phi) is 10.4. The van der Waals surface area contributed by atoms with Gasteiger partial charge in [0.2, 0.25) is 0 Å². The van der Waals surface area contributed by atoms with E-state index >= 15 is 0 Å². The second kappa shape index (κ2) is 12.3. The molecule has 0 radical (unpaired) electrons. The number of nitrogens with zero attached hydrogens (tertiary/aromatic N) is 1. The lowest BCUT2D eigenvalue weighted by atomic mass is 9.42. The summed E-state index contributed by atoms with van der Waals surface area (Å²) in [4.78, 5) is 36.1. The van der Waals surface area contributed by atoms with Gasteiger partial charge in [-0.05, 0) is 43.4 Å². The van der Waals surface area contributed by atoms with E-state index in [1.54, 1.807) is 13.0 Å². The zero-order valence-corrected chi connectivity index (χ0v) is 27.8. The lowest BCUT2D eigenvalue weighted by Crippen LogP contribution is -2.75. The van der Waals surface area contributed by atoms with Gasteiger partial charge < -0.3 is 28.7 Å². The van der Waals surface area contributed by atoms with E-state index in [4.69, 9.17) is 23.3 Å². The molecule has 42 heavy (non-hydrogen) atoms. The Morgan fingerprint density at radius 1 is 1.17 bits per heavy atom. The molecular weight excluding hydrogens is 565 g/mol. The normalized spacial score (nSPS) is 38.5. The molecule has 3 unspecified atom stereocenters. The second-order valence-corrected chi connectivity index (χ2v) is 16.2. The van der Waals surface area contributed by atoms with Gasteiger partial charge >= 0.3 is 13.8 Å². The number of aliphatic hydroxyl groups excluding tert-OH is 1. The summed E-state index contributed by atoms with van der Waals surface area (Å²) >= 11 is 0. The standard InChI is InChI=1S/C30H52NO10P/c1-11-28(5)17-22(33)24-29(6)14-12-13-27(3,4)25(29)23(34)26(30(24,7)41-28)37-18-21(40-20(2)32)19-39-42(35,36)38-16-15-31(8,9)10/h11,21,23-26,34H,1,12-19H2,2-10H3/p+1/t21?,23-,24+,25?,26-,28-,29+,30-/m0/s1. The Morgan fingerprint density at radius 2 is 1.81 bits per heavy atom. The van der Waals surface area contributed by atoms with Crippen LogP contribution in [0.1, 0.15) is 67.2 Å². The van der Waals surface area contributed by atoms with Crippen LogP contribution in [-0.2, 0) is 37.4 Å². The molecule has 2 saturated carbocycles. The van der Waals surface area contributed by atoms with Gasteiger partial charge in [0.15, 0.2) is 0 Å². The average molecular weight is 619 g/mol. The molecule has 3 fully saturated rings. The molecule has 0 amide bonds. The van der Waals surface area contributed by atoms with Crippen LogP contribution in [0.2, 0.25) is 0 Å². The molecular formula is C30H53NO10P+. The third-order valence-electron chi connectivity index (χ3n) is 9.50. The highest BCUT2D eigenvalue weighted by Gasteiger charge is 2.71. The Bertz CT molecular complexity index is 1070. The highest BCUT2D eigenvalue weighted by atomic mass is 31.2. The molecule has 12 heteroatoms. The number of fused-ring (bicyclic) bond motifs is 3. The van der Waals surface area contributed by atoms with Crippen molar-refractivity contribution in [2.45, 2.75) is 96.7 Å². The van der Waals surface area contributed by atoms with Crippen LogP contribution < -0.4 is 0 Å². The fourth-order valence-corrected chi connectivity index (χ4v) is 8.75. The summed E-state index contributed by atoms with van der Waals surface area (Å²) in [6, 6.07) is 0. The van der Waals surface area contributed by atoms with E-state index in [2.05, 4.69) is 27.4 Å². The van der Waals surface area contributed by atoms with E-state index in [9.17, 15) is 24.2 Å². The molecule has 2 N–H and O–H groups in total. The molecule has 3 rings (SSSR count). The van der Waals surface area contributed by atoms with Gasteiger partial charge in [-0.3, -0.25) is 18.6 Å². The van der Waals surface area contributed by atoms with Crippen LogP contribution in [0.15, 0.2) is 12.7 Å². The largest absolute Gasteiger partial charge is 0.472 e. The van der Waals surface area contributed by atoms with Gasteiger partial charge in [0.1, 0.15) is 36.7 Å². The first kappa shape index (κ1) is 35.3. The summed E-state index contributed by atoms with van der Waals surface area (Å²) in [5, 5.41) is 12.0. The van der Waals surface area contributed by atoms with Gasteiger partial charge in [-0.2, -0.15) is 0 Å². The number of carbonyl (C=O) groups is 2. The molecule has 1 heterocycles. The minimum Gasteiger partial charge on any atom is -0.458 e. The monoisotopic (exact) mass is 618 g/mol. The van der Waals surface area contributed by atoms with Gasteiger partial charge in [0, 0.05) is 13.3 Å². The molecule has 0 aromatic rings. The minimum atomic E-state index is -4.44. The summed E-state index contributed by atoms with van der Waals surface area (Å²) < 4.78 is 41.7. The van der Waals surface area contributed by atoms with Crippen LogP contribution in [0.25, 0.3) is 0 Å². The van der Waals surface area contributed by atoms with Crippen LogP contribution in [0.5, 0.6) is 0 Å². The maximum absolute atomic E-state index is 13.9. The lowest BCUT2D eigenvalue weighted by molar-refractivity contribution is -0.870. The number of aliphatic hydroxyl groups is 1. The first-order chi connectivity index (χ1) is 19.1. The van der Waals surface area contributed by atoms with Crippen molar-refractivity contribution < 1.29 is 51.9 Å². The van der Waals surface area contributed by atoms with Crippen molar-refractivity contribution in [3.05, 3.63) is 12.7 Å². The van der Waals surface area contributed by atoms with E-state index in [-0.39, 0.29) is 36.8 Å². The smallest absolute Gasteiger partial charge is 0.458 e. The number of Topliss-reactive ketones (excluding diaryl/α,β-unsaturated/α-hetero) is 1. The number of ether oxygens (including phenoxy) is 3. The van der Waals surface area contributed by atoms with E-state index in [1.165, 1.54) is 6.92 Å². The van der Waals surface area contributed by atoms with Crippen LogP contribution in [0, 0.1) is 22.7 Å². The Morgan fingerprint density at radius 3 is 2.38 bits per heavy atom. The lowest BCUT2D eigenvalue weighted by Gasteiger charge is -2.67. The van der Waals surface area contributed by atoms with Crippen molar-refractivity contribution in [2.24, 2.45) is 22.7 Å². The highest BCUT2D eigenvalue weighted by Crippen LogP contribution is 2.65. The molecule has 2 aliphatic carbocycles. The number of rotatable bonds is 12. The molecule has 0 aromatic heterocycles. The quantitative estimate of drug-likeness (QED) is 0.144. The SMILES string of the molecule is C=C[C@@]1(C)CC(=O)[C@H]2[C@](C)(O1)[C@@H](OCC(COP(=O)(O)OCC[N+](C)(C)C)OC(C)=O)[C@@H](O)C1C(C)(C)CCC[C@@]12C. The zero-order valence-electron chi connectivity index (χ0n) is 26.9. The van der Waals surface area contributed by atoms with Gasteiger partial charge in [0.25, 0.3) is 0 Å². The second-order valence-electron chi connectivity index (χ2n) is 14.8. The molecule has 0 spiro atoms. The predicted octanol–water partition coefficient (Wildman–Crippen LogP) is 3.66. The molecule has 242 valence electrons. The fourth-order valence-electron chi connectivity index (χ4n) is 8.01. The topological polar surface area (TPSA) is 138 Å². The molecule has 9 atom stereocenters. The van der Waals surface area contributed by atoms with Crippen molar-refractivity contribution in [1.29, 1.82) is 0 Å². The van der Waals surface area contributed by atoms with E-state index in [1.807, 2.05) is 28.1 Å². The van der Waals surface area contributed by atoms with Crippen molar-refractivity contribution in [1.82, 2.24) is 0 Å². The number of esters is 1. The Hall–Kier alpha value is -1.17. The maximum atomic E-state index is 13.9. The molecule has 0 aromatic carbocycles. The van der Waals surface area contributed by atoms with Crippen LogP contribution >= 0.6 is 7.82 Å². The minimum absolute atomic E-state index is 0.0105. The van der Waals surface area contributed by atoms with Gasteiger partial charge in [-0.15, -0.1) is 6.58 Å². The predicted molar refractivity (Wildman–Crippen MR) is 156 cm³/mol. The van der Waals surface area contributed by atoms with Gasteiger partial charge in [-0.1, -0.05) is 33.3 Å². The number of hydrogen-bond donors (Lipinski definition) is 2. The summed E-state index contributed by atoms with van der Waals surface area (Å²) in [7, 11) is 1.32. The van der Waals surface area contributed by atoms with Crippen LogP contribution in [-0.4, -0.2) is 103 Å². The number of phosphoric ester groups is 1. The zero-order chi connectivity index (χ0) is 31.9. The van der Waals surface area contributed by atoms with Crippen molar-refractivity contribution in [3.8, 4) is 0 Å². The van der Waals surface area contributed by atoms with Gasteiger partial charge in [-0.25, -0.2) is 4.57 Å². The molecule has 3 aliphatic rings. The maximum Gasteiger partial charge on any atom is 0.472 e. The average Bonchev–Trinajstić information content (AvgIpc) is 2.79. The number of carbonyl (C=O) groups excluding carboxylic acids is 2. The van der Waals surface area contributed by atoms with Gasteiger partial charge in [0.05, 0.1) is 52.0 Å². The first-order valence-corrected chi connectivity index (χ1v) is 16.3. The molecule has 1 aliphatic heterocycles. The Balaban J connectivity index is 1.88. The Labute approximate surface area is 251 Å². The molecule has 0 bridgehead atoms. The van der Waals surface area contributed by atoms with Crippen molar-refractivity contribution >= 4 is 19.6 Å². The van der Waals surface area contributed by atoms with E-state index in [0.29, 0.717) is 11.0 Å². The third kappa shape index (κ3) is 7.54. The number of ketones is 1. The van der Waals surface area contributed by atoms with E-state index < -0.39 is 61.2 Å². The number of likely N-dealkylation sites (N-methyl/N-ethyl adjacent to an activating group) is 1. The van der Waals surface area contributed by atoms with E-state index in [0.717, 1.165) is 19.3 Å².